The number of anilines is 2. The molecule has 0 atom stereocenters. The Bertz CT molecular complexity index is 1980. The highest BCUT2D eigenvalue weighted by atomic mass is 16.3. The summed E-state index contributed by atoms with van der Waals surface area (Å²) >= 11 is 0. The summed E-state index contributed by atoms with van der Waals surface area (Å²) < 4.78 is 13.2. The van der Waals surface area contributed by atoms with Crippen molar-refractivity contribution in [2.45, 2.75) is 153 Å². The highest BCUT2D eigenvalue weighted by Gasteiger charge is 2.31. The zero-order valence-corrected chi connectivity index (χ0v) is 31.8. The second-order valence-corrected chi connectivity index (χ2v) is 16.8. The predicted octanol–water partition coefficient (Wildman–Crippen LogP) is 13.2. The molecule has 278 valence electrons. The fraction of sp³-hybridized carbons (Fsp3) is 0.500. The molecule has 0 bridgehead atoms. The summed E-state index contributed by atoms with van der Waals surface area (Å²) in [6.45, 7) is 0. The van der Waals surface area contributed by atoms with Gasteiger partial charge in [-0.05, 0) is 99.9 Å². The van der Waals surface area contributed by atoms with Gasteiger partial charge in [0, 0.05) is 69.6 Å². The molecule has 0 amide bonds. The van der Waals surface area contributed by atoms with E-state index in [0.717, 1.165) is 21.9 Å². The van der Waals surface area contributed by atoms with Crippen LogP contribution in [0.5, 0.6) is 0 Å². The highest BCUT2D eigenvalue weighted by Crippen LogP contribution is 2.41. The third kappa shape index (κ3) is 6.90. The molecule has 6 nitrogen and oxygen atoms in total. The van der Waals surface area contributed by atoms with Gasteiger partial charge >= 0.3 is 0 Å². The summed E-state index contributed by atoms with van der Waals surface area (Å²) in [6.07, 6.45) is 26.0. The molecule has 0 saturated heterocycles. The van der Waals surface area contributed by atoms with Crippen molar-refractivity contribution in [2.24, 2.45) is 0 Å². The standard InChI is InChI=1S/C48H54N4O2/c49-31-35-26-44(48-28-34-22-24-42(30-46(34)54-48)52(39-17-9-3-10-18-39)40-19-11-4-12-20-40)36(32-50)25-43(35)47-27-33-21-23-41(29-45(33)53-47)51(37-13-5-1-6-14-37)38-15-7-2-8-16-38/h21-30,37-40H,1-20H2. The summed E-state index contributed by atoms with van der Waals surface area (Å²) in [7, 11) is 0. The van der Waals surface area contributed by atoms with E-state index in [2.05, 4.69) is 58.3 Å². The van der Waals surface area contributed by atoms with Gasteiger partial charge in [-0.3, -0.25) is 0 Å². The molecule has 9 rings (SSSR count). The number of nitriles is 2. The number of benzene rings is 3. The molecule has 4 saturated carbocycles. The summed E-state index contributed by atoms with van der Waals surface area (Å²) in [4.78, 5) is 5.48. The fourth-order valence-corrected chi connectivity index (χ4v) is 10.7. The maximum Gasteiger partial charge on any atom is 0.136 e. The number of hydrogen-bond acceptors (Lipinski definition) is 6. The second kappa shape index (κ2) is 15.6. The SMILES string of the molecule is N#Cc1cc(-c2cc3ccc(N(C4CCCCC4)C4CCCCC4)cc3o2)c(C#N)cc1-c1cc2ccc(N(C3CCCCC3)C3CCCCC3)cc2o1. The Morgan fingerprint density at radius 1 is 0.426 bits per heavy atom. The van der Waals surface area contributed by atoms with Gasteiger partial charge < -0.3 is 18.6 Å². The van der Waals surface area contributed by atoms with E-state index < -0.39 is 0 Å². The van der Waals surface area contributed by atoms with Crippen LogP contribution in [0.25, 0.3) is 44.6 Å². The van der Waals surface area contributed by atoms with Gasteiger partial charge in [0.2, 0.25) is 0 Å². The zero-order valence-electron chi connectivity index (χ0n) is 31.8. The molecule has 2 aromatic heterocycles. The van der Waals surface area contributed by atoms with Crippen LogP contribution < -0.4 is 9.80 Å². The van der Waals surface area contributed by atoms with Crippen molar-refractivity contribution in [3.63, 3.8) is 0 Å². The molecule has 0 radical (unpaired) electrons. The van der Waals surface area contributed by atoms with Gasteiger partial charge in [0.05, 0.1) is 23.3 Å². The van der Waals surface area contributed by atoms with Crippen LogP contribution in [-0.4, -0.2) is 24.2 Å². The minimum atomic E-state index is 0.469. The maximum atomic E-state index is 10.5. The van der Waals surface area contributed by atoms with Crippen LogP contribution in [0.1, 0.15) is 140 Å². The van der Waals surface area contributed by atoms with Crippen molar-refractivity contribution in [1.82, 2.24) is 0 Å². The fourth-order valence-electron chi connectivity index (χ4n) is 10.7. The van der Waals surface area contributed by atoms with Crippen molar-refractivity contribution in [3.8, 4) is 34.8 Å². The van der Waals surface area contributed by atoms with Crippen molar-refractivity contribution < 1.29 is 8.83 Å². The van der Waals surface area contributed by atoms with Crippen LogP contribution >= 0.6 is 0 Å². The van der Waals surface area contributed by atoms with Crippen molar-refractivity contribution >= 4 is 33.3 Å². The van der Waals surface area contributed by atoms with Crippen LogP contribution in [-0.2, 0) is 0 Å². The molecule has 0 spiro atoms. The predicted molar refractivity (Wildman–Crippen MR) is 219 cm³/mol. The smallest absolute Gasteiger partial charge is 0.136 e. The molecule has 4 fully saturated rings. The number of fused-ring (bicyclic) bond motifs is 2. The van der Waals surface area contributed by atoms with Gasteiger partial charge in [0.25, 0.3) is 0 Å². The molecule has 3 aromatic carbocycles. The molecule has 54 heavy (non-hydrogen) atoms. The second-order valence-electron chi connectivity index (χ2n) is 16.8. The first-order valence-electron chi connectivity index (χ1n) is 21.3. The molecule has 2 heterocycles. The van der Waals surface area contributed by atoms with E-state index >= 15 is 0 Å². The summed E-state index contributed by atoms with van der Waals surface area (Å²) in [6, 6.07) is 28.2. The normalized spacial score (nSPS) is 19.5. The van der Waals surface area contributed by atoms with E-state index in [-0.39, 0.29) is 0 Å². The Morgan fingerprint density at radius 3 is 1.07 bits per heavy atom. The Balaban J connectivity index is 1.04. The molecule has 5 aromatic rings. The molecule has 0 aliphatic heterocycles. The van der Waals surface area contributed by atoms with Crippen LogP contribution in [0.15, 0.2) is 69.5 Å². The Labute approximate surface area is 320 Å². The molecule has 4 aliphatic rings. The zero-order chi connectivity index (χ0) is 36.4. The van der Waals surface area contributed by atoms with Gasteiger partial charge in [-0.1, -0.05) is 77.0 Å². The minimum absolute atomic E-state index is 0.469. The summed E-state index contributed by atoms with van der Waals surface area (Å²) in [5, 5.41) is 22.9. The monoisotopic (exact) mass is 718 g/mol. The van der Waals surface area contributed by atoms with E-state index in [9.17, 15) is 10.5 Å². The lowest BCUT2D eigenvalue weighted by molar-refractivity contribution is 0.340. The Hall–Kier alpha value is -4.68. The van der Waals surface area contributed by atoms with E-state index in [0.29, 0.717) is 57.9 Å². The first kappa shape index (κ1) is 35.0. The third-order valence-electron chi connectivity index (χ3n) is 13.4. The summed E-state index contributed by atoms with van der Waals surface area (Å²) in [5.74, 6) is 1.23. The van der Waals surface area contributed by atoms with E-state index in [1.807, 2.05) is 24.3 Å². The van der Waals surface area contributed by atoms with Crippen LogP contribution in [0, 0.1) is 22.7 Å². The van der Waals surface area contributed by atoms with Crippen molar-refractivity contribution in [3.05, 3.63) is 71.8 Å². The van der Waals surface area contributed by atoms with Crippen molar-refractivity contribution in [2.75, 3.05) is 9.80 Å². The lowest BCUT2D eigenvalue weighted by atomic mass is 9.88. The van der Waals surface area contributed by atoms with Gasteiger partial charge in [-0.2, -0.15) is 10.5 Å². The first-order chi connectivity index (χ1) is 26.7. The molecule has 4 aliphatic carbocycles. The van der Waals surface area contributed by atoms with E-state index in [4.69, 9.17) is 8.83 Å². The third-order valence-corrected chi connectivity index (χ3v) is 13.4. The van der Waals surface area contributed by atoms with Crippen LogP contribution in [0.2, 0.25) is 0 Å². The molecule has 0 unspecified atom stereocenters. The summed E-state index contributed by atoms with van der Waals surface area (Å²) in [5.41, 5.74) is 6.38. The quantitative estimate of drug-likeness (QED) is 0.159. The Morgan fingerprint density at radius 2 is 0.759 bits per heavy atom. The average Bonchev–Trinajstić information content (AvgIpc) is 3.86. The van der Waals surface area contributed by atoms with Gasteiger partial charge in [-0.25, -0.2) is 0 Å². The van der Waals surface area contributed by atoms with Crippen molar-refractivity contribution in [1.29, 1.82) is 10.5 Å². The van der Waals surface area contributed by atoms with Gasteiger partial charge in [0.15, 0.2) is 0 Å². The largest absolute Gasteiger partial charge is 0.456 e. The minimum Gasteiger partial charge on any atom is -0.456 e. The first-order valence-corrected chi connectivity index (χ1v) is 21.3. The Kier molecular flexibility index (Phi) is 10.1. The number of nitrogens with zero attached hydrogens (tertiary/aromatic N) is 4. The molecule has 0 N–H and O–H groups in total. The molecular formula is C48H54N4O2. The van der Waals surface area contributed by atoms with Crippen LogP contribution in [0.3, 0.4) is 0 Å². The van der Waals surface area contributed by atoms with Gasteiger partial charge in [0.1, 0.15) is 22.7 Å². The lowest BCUT2D eigenvalue weighted by Gasteiger charge is -2.43. The molecular weight excluding hydrogens is 665 g/mol. The average molecular weight is 719 g/mol. The lowest BCUT2D eigenvalue weighted by Crippen LogP contribution is -2.45. The topological polar surface area (TPSA) is 80.3 Å². The maximum absolute atomic E-state index is 10.5. The number of rotatable bonds is 8. The van der Waals surface area contributed by atoms with Crippen LogP contribution in [0.4, 0.5) is 11.4 Å². The number of furan rings is 2. The number of hydrogen-bond donors (Lipinski definition) is 0. The highest BCUT2D eigenvalue weighted by molar-refractivity contribution is 5.90. The van der Waals surface area contributed by atoms with E-state index in [1.54, 1.807) is 0 Å². The molecule has 6 heteroatoms. The van der Waals surface area contributed by atoms with Gasteiger partial charge in [-0.15, -0.1) is 0 Å². The van der Waals surface area contributed by atoms with E-state index in [1.165, 1.54) is 140 Å².